The number of carbonyl (C=O) groups is 1. The molecule has 0 bridgehead atoms. The minimum Gasteiger partial charge on any atom is -0.379 e. The highest BCUT2D eigenvalue weighted by molar-refractivity contribution is 7.87. The van der Waals surface area contributed by atoms with E-state index in [0.29, 0.717) is 5.75 Å². The van der Waals surface area contributed by atoms with Gasteiger partial charge in [-0.25, -0.2) is 0 Å². The van der Waals surface area contributed by atoms with E-state index in [1.54, 1.807) is 12.1 Å². The van der Waals surface area contributed by atoms with E-state index in [0.717, 1.165) is 12.0 Å². The van der Waals surface area contributed by atoms with Gasteiger partial charge in [0.25, 0.3) is 0 Å². The van der Waals surface area contributed by atoms with Crippen molar-refractivity contribution in [3.05, 3.63) is 59.7 Å². The Morgan fingerprint density at radius 2 is 1.74 bits per heavy atom. The topological polar surface area (TPSA) is 86.5 Å². The van der Waals surface area contributed by atoms with E-state index in [2.05, 4.69) is 0 Å². The van der Waals surface area contributed by atoms with Crippen LogP contribution in [0.15, 0.2) is 53.4 Å². The zero-order chi connectivity index (χ0) is 17.0. The van der Waals surface area contributed by atoms with Crippen LogP contribution in [0.3, 0.4) is 0 Å². The molecule has 1 atom stereocenters. The van der Waals surface area contributed by atoms with Gasteiger partial charge < -0.3 is 9.92 Å². The summed E-state index contributed by atoms with van der Waals surface area (Å²) >= 11 is 0. The zero-order valence-corrected chi connectivity index (χ0v) is 13.8. The fourth-order valence-corrected chi connectivity index (χ4v) is 3.09. The molecule has 0 fully saturated rings. The maximum Gasteiger partial charge on any atom is 0.339 e. The Labute approximate surface area is 136 Å². The third-order valence-corrected chi connectivity index (χ3v) is 4.94. The van der Waals surface area contributed by atoms with E-state index < -0.39 is 16.0 Å². The van der Waals surface area contributed by atoms with E-state index in [9.17, 15) is 13.2 Å². The van der Waals surface area contributed by atoms with E-state index >= 15 is 0 Å². The number of amides is 1. The highest BCUT2D eigenvalue weighted by Crippen LogP contribution is 2.30. The molecule has 0 aliphatic rings. The van der Waals surface area contributed by atoms with Crippen molar-refractivity contribution in [2.45, 2.75) is 31.1 Å². The fourth-order valence-electron chi connectivity index (χ4n) is 2.14. The molecule has 0 aliphatic carbocycles. The monoisotopic (exact) mass is 333 g/mol. The molecule has 23 heavy (non-hydrogen) atoms. The summed E-state index contributed by atoms with van der Waals surface area (Å²) in [6.07, 6.45) is 0.869. The van der Waals surface area contributed by atoms with Crippen molar-refractivity contribution in [2.24, 2.45) is 5.73 Å². The standard InChI is InChI=1S/C17H19NO4S/c1-3-12(2)15-6-4-5-7-16(15)22-23(20,21)14-10-8-13(9-11-14)17(18)19/h4-12H,3H2,1-2H3,(H2,18,19). The first kappa shape index (κ1) is 17.0. The number of carbonyl (C=O) groups excluding carboxylic acids is 1. The maximum atomic E-state index is 12.4. The molecule has 0 heterocycles. The second-order valence-electron chi connectivity index (χ2n) is 5.27. The molecule has 5 nitrogen and oxygen atoms in total. The number of para-hydroxylation sites is 1. The smallest absolute Gasteiger partial charge is 0.339 e. The minimum atomic E-state index is -3.97. The third kappa shape index (κ3) is 3.90. The van der Waals surface area contributed by atoms with Gasteiger partial charge in [0.1, 0.15) is 10.6 Å². The molecule has 2 aromatic rings. The molecule has 0 aliphatic heterocycles. The molecule has 1 amide bonds. The maximum absolute atomic E-state index is 12.4. The average molecular weight is 333 g/mol. The summed E-state index contributed by atoms with van der Waals surface area (Å²) < 4.78 is 30.1. The molecule has 2 rings (SSSR count). The van der Waals surface area contributed by atoms with Crippen molar-refractivity contribution in [1.29, 1.82) is 0 Å². The number of primary amides is 1. The lowest BCUT2D eigenvalue weighted by atomic mass is 9.98. The summed E-state index contributed by atoms with van der Waals surface area (Å²) in [5.74, 6) is -0.114. The first-order chi connectivity index (χ1) is 10.8. The van der Waals surface area contributed by atoms with Gasteiger partial charge in [-0.15, -0.1) is 0 Å². The van der Waals surface area contributed by atoms with Gasteiger partial charge in [0.05, 0.1) is 0 Å². The van der Waals surface area contributed by atoms with Gasteiger partial charge in [-0.3, -0.25) is 4.79 Å². The Hall–Kier alpha value is -2.34. The predicted octanol–water partition coefficient (Wildman–Crippen LogP) is 3.07. The van der Waals surface area contributed by atoms with Crippen LogP contribution in [0.25, 0.3) is 0 Å². The number of nitrogens with two attached hydrogens (primary N) is 1. The Morgan fingerprint density at radius 1 is 1.13 bits per heavy atom. The highest BCUT2D eigenvalue weighted by Gasteiger charge is 2.20. The molecule has 0 saturated heterocycles. The van der Waals surface area contributed by atoms with Crippen LogP contribution in [0.4, 0.5) is 0 Å². The fraction of sp³-hybridized carbons (Fsp3) is 0.235. The van der Waals surface area contributed by atoms with Crippen LogP contribution in [0, 0.1) is 0 Å². The summed E-state index contributed by atoms with van der Waals surface area (Å²) in [5.41, 5.74) is 6.23. The lowest BCUT2D eigenvalue weighted by molar-refractivity contribution is 0.1000. The second-order valence-corrected chi connectivity index (χ2v) is 6.82. The number of rotatable bonds is 6. The molecule has 0 spiro atoms. The lowest BCUT2D eigenvalue weighted by Crippen LogP contribution is -2.13. The number of benzene rings is 2. The van der Waals surface area contributed by atoms with E-state index in [-0.39, 0.29) is 16.4 Å². The molecular formula is C17H19NO4S. The van der Waals surface area contributed by atoms with Gasteiger partial charge in [0.15, 0.2) is 0 Å². The lowest BCUT2D eigenvalue weighted by Gasteiger charge is -2.15. The molecule has 2 aromatic carbocycles. The summed E-state index contributed by atoms with van der Waals surface area (Å²) in [4.78, 5) is 11.0. The van der Waals surface area contributed by atoms with E-state index in [4.69, 9.17) is 9.92 Å². The minimum absolute atomic E-state index is 0.0264. The normalized spacial score (nSPS) is 12.6. The van der Waals surface area contributed by atoms with Crippen LogP contribution in [-0.2, 0) is 10.1 Å². The molecule has 0 saturated carbocycles. The van der Waals surface area contributed by atoms with Gasteiger partial charge in [0, 0.05) is 5.56 Å². The molecule has 1 unspecified atom stereocenters. The van der Waals surface area contributed by atoms with Crippen LogP contribution >= 0.6 is 0 Å². The highest BCUT2D eigenvalue weighted by atomic mass is 32.2. The van der Waals surface area contributed by atoms with Crippen molar-refractivity contribution >= 4 is 16.0 Å². The van der Waals surface area contributed by atoms with Crippen LogP contribution in [0.5, 0.6) is 5.75 Å². The number of hydrogen-bond donors (Lipinski definition) is 1. The summed E-state index contributed by atoms with van der Waals surface area (Å²) in [6.45, 7) is 4.04. The number of hydrogen-bond acceptors (Lipinski definition) is 4. The van der Waals surface area contributed by atoms with Gasteiger partial charge in [-0.2, -0.15) is 8.42 Å². The van der Waals surface area contributed by atoms with Crippen molar-refractivity contribution < 1.29 is 17.4 Å². The first-order valence-electron chi connectivity index (χ1n) is 7.28. The Kier molecular flexibility index (Phi) is 5.05. The average Bonchev–Trinajstić information content (AvgIpc) is 2.54. The van der Waals surface area contributed by atoms with Gasteiger partial charge in [0.2, 0.25) is 5.91 Å². The Balaban J connectivity index is 2.33. The van der Waals surface area contributed by atoms with Crippen LogP contribution in [0.2, 0.25) is 0 Å². The van der Waals surface area contributed by atoms with Crippen molar-refractivity contribution in [3.63, 3.8) is 0 Å². The first-order valence-corrected chi connectivity index (χ1v) is 8.69. The van der Waals surface area contributed by atoms with Crippen molar-refractivity contribution in [3.8, 4) is 5.75 Å². The van der Waals surface area contributed by atoms with E-state index in [1.807, 2.05) is 26.0 Å². The quantitative estimate of drug-likeness (QED) is 0.823. The summed E-state index contributed by atoms with van der Waals surface area (Å²) in [6, 6.07) is 12.4. The van der Waals surface area contributed by atoms with Gasteiger partial charge >= 0.3 is 10.1 Å². The molecule has 6 heteroatoms. The summed E-state index contributed by atoms with van der Waals surface area (Å²) in [5, 5.41) is 0. The van der Waals surface area contributed by atoms with Crippen molar-refractivity contribution in [1.82, 2.24) is 0 Å². The van der Waals surface area contributed by atoms with Crippen LogP contribution < -0.4 is 9.92 Å². The largest absolute Gasteiger partial charge is 0.379 e. The van der Waals surface area contributed by atoms with E-state index in [1.165, 1.54) is 24.3 Å². The molecule has 0 radical (unpaired) electrons. The molecular weight excluding hydrogens is 314 g/mol. The second kappa shape index (κ2) is 6.83. The van der Waals surface area contributed by atoms with Crippen LogP contribution in [0.1, 0.15) is 42.1 Å². The third-order valence-electron chi connectivity index (χ3n) is 3.69. The van der Waals surface area contributed by atoms with Gasteiger partial charge in [-0.1, -0.05) is 32.0 Å². The SMILES string of the molecule is CCC(C)c1ccccc1OS(=O)(=O)c1ccc(C(N)=O)cc1. The predicted molar refractivity (Wildman–Crippen MR) is 87.9 cm³/mol. The molecule has 122 valence electrons. The van der Waals surface area contributed by atoms with Gasteiger partial charge in [-0.05, 0) is 48.2 Å². The Morgan fingerprint density at radius 3 is 2.30 bits per heavy atom. The van der Waals surface area contributed by atoms with Crippen molar-refractivity contribution in [2.75, 3.05) is 0 Å². The Bertz CT molecular complexity index is 798. The molecule has 0 aromatic heterocycles. The zero-order valence-electron chi connectivity index (χ0n) is 13.0. The molecule has 2 N–H and O–H groups in total. The summed E-state index contributed by atoms with van der Waals surface area (Å²) in [7, 11) is -3.97. The van der Waals surface area contributed by atoms with Crippen LogP contribution in [-0.4, -0.2) is 14.3 Å².